The van der Waals surface area contributed by atoms with Crippen LogP contribution in [-0.2, 0) is 6.54 Å². The van der Waals surface area contributed by atoms with Gasteiger partial charge in [0.15, 0.2) is 0 Å². The summed E-state index contributed by atoms with van der Waals surface area (Å²) in [7, 11) is 0. The fraction of sp³-hybridized carbons (Fsp3) is 0.316. The van der Waals surface area contributed by atoms with Crippen LogP contribution in [0.2, 0.25) is 0 Å². The van der Waals surface area contributed by atoms with E-state index in [-0.39, 0.29) is 0 Å². The smallest absolute Gasteiger partial charge is 0.134 e. The summed E-state index contributed by atoms with van der Waals surface area (Å²) in [6.07, 6.45) is 1.65. The Bertz CT molecular complexity index is 859. The third-order valence-corrected chi connectivity index (χ3v) is 6.48. The molecule has 1 fully saturated rings. The van der Waals surface area contributed by atoms with Crippen LogP contribution >= 0.6 is 23.1 Å². The van der Waals surface area contributed by atoms with E-state index >= 15 is 0 Å². The number of aryl methyl sites for hydroxylation is 1. The van der Waals surface area contributed by atoms with E-state index in [4.69, 9.17) is 4.98 Å². The van der Waals surface area contributed by atoms with Crippen molar-refractivity contribution in [2.45, 2.75) is 13.5 Å². The van der Waals surface area contributed by atoms with Gasteiger partial charge in [-0.25, -0.2) is 15.0 Å². The molecule has 1 aromatic carbocycles. The molecule has 0 amide bonds. The number of rotatable bonds is 5. The first kappa shape index (κ1) is 17.3. The Balaban J connectivity index is 1.45. The zero-order valence-electron chi connectivity index (χ0n) is 14.7. The maximum absolute atomic E-state index is 4.72. The standard InChI is InChI=1S/C19H21N5S2/c1-14-16(26-19(23-14)15-5-3-2-4-6-15)12-20-17-11-18(22-13-21-17)24-7-9-25-10-8-24/h2-6,11,13H,7-10,12H2,1H3,(H,20,21,22). The largest absolute Gasteiger partial charge is 0.365 e. The number of aromatic nitrogens is 3. The lowest BCUT2D eigenvalue weighted by Crippen LogP contribution is -2.33. The number of nitrogens with zero attached hydrogens (tertiary/aromatic N) is 4. The van der Waals surface area contributed by atoms with Gasteiger partial charge in [-0.3, -0.25) is 0 Å². The molecule has 2 aromatic heterocycles. The van der Waals surface area contributed by atoms with E-state index in [0.717, 1.165) is 53.5 Å². The molecule has 1 N–H and O–H groups in total. The first-order chi connectivity index (χ1) is 12.8. The second-order valence-electron chi connectivity index (χ2n) is 6.11. The lowest BCUT2D eigenvalue weighted by molar-refractivity contribution is 0.835. The predicted octanol–water partition coefficient (Wildman–Crippen LogP) is 4.07. The van der Waals surface area contributed by atoms with Crippen molar-refractivity contribution >= 4 is 34.7 Å². The van der Waals surface area contributed by atoms with Crippen molar-refractivity contribution in [2.24, 2.45) is 0 Å². The van der Waals surface area contributed by atoms with Crippen LogP contribution in [0.1, 0.15) is 10.6 Å². The third-order valence-electron chi connectivity index (χ3n) is 4.33. The van der Waals surface area contributed by atoms with Gasteiger partial charge in [0.05, 0.1) is 12.2 Å². The number of hydrogen-bond donors (Lipinski definition) is 1. The second kappa shape index (κ2) is 8.05. The predicted molar refractivity (Wildman–Crippen MR) is 111 cm³/mol. The van der Waals surface area contributed by atoms with Crippen molar-refractivity contribution < 1.29 is 0 Å². The fourth-order valence-electron chi connectivity index (χ4n) is 2.88. The molecule has 4 rings (SSSR count). The molecule has 5 nitrogen and oxygen atoms in total. The average molecular weight is 384 g/mol. The topological polar surface area (TPSA) is 53.9 Å². The van der Waals surface area contributed by atoms with Gasteiger partial charge in [0, 0.05) is 41.1 Å². The number of benzene rings is 1. The fourth-order valence-corrected chi connectivity index (χ4v) is 4.79. The molecule has 1 aliphatic rings. The Labute approximate surface area is 161 Å². The summed E-state index contributed by atoms with van der Waals surface area (Å²) in [5.41, 5.74) is 2.24. The van der Waals surface area contributed by atoms with Gasteiger partial charge in [0.25, 0.3) is 0 Å². The molecule has 0 atom stereocenters. The van der Waals surface area contributed by atoms with E-state index in [2.05, 4.69) is 39.2 Å². The summed E-state index contributed by atoms with van der Waals surface area (Å²) in [6.45, 7) is 4.89. The normalized spacial score (nSPS) is 14.4. The van der Waals surface area contributed by atoms with Crippen LogP contribution < -0.4 is 10.2 Å². The zero-order valence-corrected chi connectivity index (χ0v) is 16.3. The van der Waals surface area contributed by atoms with E-state index in [1.807, 2.05) is 36.0 Å². The Morgan fingerprint density at radius 1 is 1.12 bits per heavy atom. The molecule has 3 heterocycles. The van der Waals surface area contributed by atoms with Crippen molar-refractivity contribution in [3.05, 3.63) is 53.3 Å². The van der Waals surface area contributed by atoms with Crippen molar-refractivity contribution in [2.75, 3.05) is 34.8 Å². The highest BCUT2D eigenvalue weighted by molar-refractivity contribution is 7.99. The number of thiazole rings is 1. The number of nitrogens with one attached hydrogen (secondary N) is 1. The van der Waals surface area contributed by atoms with Crippen LogP contribution in [0.5, 0.6) is 0 Å². The SMILES string of the molecule is Cc1nc(-c2ccccc2)sc1CNc1cc(N2CCSCC2)ncn1. The molecule has 1 saturated heterocycles. The zero-order chi connectivity index (χ0) is 17.8. The minimum absolute atomic E-state index is 0.725. The third kappa shape index (κ3) is 3.99. The highest BCUT2D eigenvalue weighted by atomic mass is 32.2. The van der Waals surface area contributed by atoms with Crippen molar-refractivity contribution in [1.82, 2.24) is 15.0 Å². The van der Waals surface area contributed by atoms with Crippen LogP contribution in [0.4, 0.5) is 11.6 Å². The molecule has 0 unspecified atom stereocenters. The Morgan fingerprint density at radius 2 is 1.92 bits per heavy atom. The maximum Gasteiger partial charge on any atom is 0.134 e. The monoisotopic (exact) mass is 383 g/mol. The highest BCUT2D eigenvalue weighted by Crippen LogP contribution is 2.28. The van der Waals surface area contributed by atoms with Crippen LogP contribution in [-0.4, -0.2) is 39.5 Å². The summed E-state index contributed by atoms with van der Waals surface area (Å²) in [5.74, 6) is 4.19. The van der Waals surface area contributed by atoms with E-state index in [1.54, 1.807) is 17.7 Å². The quantitative estimate of drug-likeness (QED) is 0.717. The molecule has 0 bridgehead atoms. The van der Waals surface area contributed by atoms with E-state index in [0.29, 0.717) is 0 Å². The summed E-state index contributed by atoms with van der Waals surface area (Å²) in [4.78, 5) is 17.1. The van der Waals surface area contributed by atoms with Crippen molar-refractivity contribution in [3.8, 4) is 10.6 Å². The number of anilines is 2. The molecular formula is C19H21N5S2. The van der Waals surface area contributed by atoms with Crippen LogP contribution in [0.15, 0.2) is 42.7 Å². The van der Waals surface area contributed by atoms with E-state index < -0.39 is 0 Å². The molecule has 3 aromatic rings. The van der Waals surface area contributed by atoms with Gasteiger partial charge in [-0.15, -0.1) is 11.3 Å². The van der Waals surface area contributed by atoms with Crippen LogP contribution in [0.25, 0.3) is 10.6 Å². The molecule has 7 heteroatoms. The lowest BCUT2D eigenvalue weighted by Gasteiger charge is -2.27. The Morgan fingerprint density at radius 3 is 2.73 bits per heavy atom. The average Bonchev–Trinajstić information content (AvgIpc) is 3.09. The molecular weight excluding hydrogens is 362 g/mol. The second-order valence-corrected chi connectivity index (χ2v) is 8.42. The van der Waals surface area contributed by atoms with Gasteiger partial charge in [-0.05, 0) is 6.92 Å². The first-order valence-corrected chi connectivity index (χ1v) is 10.7. The molecule has 0 spiro atoms. The number of thioether (sulfide) groups is 1. The molecule has 1 aliphatic heterocycles. The summed E-state index contributed by atoms with van der Waals surface area (Å²) in [5, 5.41) is 4.50. The van der Waals surface area contributed by atoms with Gasteiger partial charge in [0.2, 0.25) is 0 Å². The summed E-state index contributed by atoms with van der Waals surface area (Å²) >= 11 is 3.73. The maximum atomic E-state index is 4.72. The van der Waals surface area contributed by atoms with Crippen LogP contribution in [0, 0.1) is 6.92 Å². The van der Waals surface area contributed by atoms with Gasteiger partial charge < -0.3 is 10.2 Å². The minimum Gasteiger partial charge on any atom is -0.365 e. The first-order valence-electron chi connectivity index (χ1n) is 8.70. The Kier molecular flexibility index (Phi) is 5.36. The molecule has 0 saturated carbocycles. The molecule has 0 aliphatic carbocycles. The van der Waals surface area contributed by atoms with E-state index in [1.165, 1.54) is 10.4 Å². The Hall–Kier alpha value is -2.12. The van der Waals surface area contributed by atoms with Gasteiger partial charge in [-0.2, -0.15) is 11.8 Å². The minimum atomic E-state index is 0.725. The van der Waals surface area contributed by atoms with Gasteiger partial charge >= 0.3 is 0 Å². The molecule has 0 radical (unpaired) electrons. The van der Waals surface area contributed by atoms with Gasteiger partial charge in [-0.1, -0.05) is 30.3 Å². The van der Waals surface area contributed by atoms with Crippen molar-refractivity contribution in [3.63, 3.8) is 0 Å². The highest BCUT2D eigenvalue weighted by Gasteiger charge is 2.14. The lowest BCUT2D eigenvalue weighted by atomic mass is 10.2. The molecule has 26 heavy (non-hydrogen) atoms. The summed E-state index contributed by atoms with van der Waals surface area (Å²) in [6, 6.07) is 12.4. The van der Waals surface area contributed by atoms with Gasteiger partial charge in [0.1, 0.15) is 23.0 Å². The molecule has 134 valence electrons. The van der Waals surface area contributed by atoms with E-state index in [9.17, 15) is 0 Å². The summed E-state index contributed by atoms with van der Waals surface area (Å²) < 4.78 is 0. The number of hydrogen-bond acceptors (Lipinski definition) is 7. The van der Waals surface area contributed by atoms with Crippen molar-refractivity contribution in [1.29, 1.82) is 0 Å². The van der Waals surface area contributed by atoms with Crippen LogP contribution in [0.3, 0.4) is 0 Å².